The number of benzene rings is 3. The fraction of sp³-hybridized carbons (Fsp3) is 0.394. The normalized spacial score (nSPS) is 23.3. The number of fused-ring (bicyclic) bond motifs is 3. The van der Waals surface area contributed by atoms with E-state index in [0.29, 0.717) is 26.2 Å². The van der Waals surface area contributed by atoms with Crippen molar-refractivity contribution in [3.05, 3.63) is 83.9 Å². The average molecular weight is 573 g/mol. The van der Waals surface area contributed by atoms with Crippen LogP contribution in [0.1, 0.15) is 42.7 Å². The molecule has 2 fully saturated rings. The van der Waals surface area contributed by atoms with Gasteiger partial charge in [-0.15, -0.1) is 0 Å². The first-order chi connectivity index (χ1) is 20.6. The van der Waals surface area contributed by atoms with Gasteiger partial charge in [0.15, 0.2) is 0 Å². The van der Waals surface area contributed by atoms with E-state index in [1.54, 1.807) is 0 Å². The summed E-state index contributed by atoms with van der Waals surface area (Å²) in [6.45, 7) is 1.38. The van der Waals surface area contributed by atoms with Crippen LogP contribution < -0.4 is 20.1 Å². The van der Waals surface area contributed by atoms with Crippen LogP contribution in [0.2, 0.25) is 0 Å². The molecule has 3 N–H and O–H groups in total. The van der Waals surface area contributed by atoms with Crippen LogP contribution >= 0.6 is 0 Å². The summed E-state index contributed by atoms with van der Waals surface area (Å²) >= 11 is 0. The van der Waals surface area contributed by atoms with Gasteiger partial charge in [0.05, 0.1) is 19.1 Å². The lowest BCUT2D eigenvalue weighted by Crippen LogP contribution is -2.47. The fourth-order valence-electron chi connectivity index (χ4n) is 5.95. The number of rotatable bonds is 9. The van der Waals surface area contributed by atoms with Gasteiger partial charge in [0, 0.05) is 42.8 Å². The van der Waals surface area contributed by atoms with Gasteiger partial charge in [-0.2, -0.15) is 0 Å². The standard InChI is InChI=1S/C33H36N2O7/c36-20-30-32-28(27-16-23(8-11-29(27)42-32)35-33(38)22-12-14-39-15-13-22)17-26(41-30)18-31(37)34-19-21-6-9-25(10-7-21)40-24-4-2-1-3-5-24/h1-11,16,22,26,28,30,32,36H,12-15,17-20H2,(H,34,37)(H,35,38)/t26-,28+,30+,32-/m1/s1. The van der Waals surface area contributed by atoms with Gasteiger partial charge in [-0.3, -0.25) is 9.59 Å². The van der Waals surface area contributed by atoms with Gasteiger partial charge in [0.2, 0.25) is 11.8 Å². The maximum absolute atomic E-state index is 12.9. The number of carbonyl (C=O) groups is 2. The minimum Gasteiger partial charge on any atom is -0.487 e. The minimum atomic E-state index is -0.550. The average Bonchev–Trinajstić information content (AvgIpc) is 3.39. The molecule has 0 radical (unpaired) electrons. The predicted molar refractivity (Wildman–Crippen MR) is 156 cm³/mol. The topological polar surface area (TPSA) is 115 Å². The quantitative estimate of drug-likeness (QED) is 0.345. The Bertz CT molecular complexity index is 1370. The van der Waals surface area contributed by atoms with Crippen LogP contribution in [0.3, 0.4) is 0 Å². The van der Waals surface area contributed by atoms with E-state index in [9.17, 15) is 14.7 Å². The zero-order valence-electron chi connectivity index (χ0n) is 23.4. The molecule has 2 amide bonds. The maximum atomic E-state index is 12.9. The summed E-state index contributed by atoms with van der Waals surface area (Å²) in [6.07, 6.45) is 0.916. The molecule has 0 spiro atoms. The molecular weight excluding hydrogens is 536 g/mol. The third-order valence-electron chi connectivity index (χ3n) is 8.16. The molecule has 2 saturated heterocycles. The van der Waals surface area contributed by atoms with E-state index in [4.69, 9.17) is 18.9 Å². The third kappa shape index (κ3) is 6.59. The molecule has 0 bridgehead atoms. The van der Waals surface area contributed by atoms with Crippen molar-refractivity contribution in [3.8, 4) is 17.2 Å². The van der Waals surface area contributed by atoms with Crippen molar-refractivity contribution < 1.29 is 33.6 Å². The monoisotopic (exact) mass is 572 g/mol. The molecule has 3 aliphatic rings. The van der Waals surface area contributed by atoms with Crippen LogP contribution in [-0.2, 0) is 25.6 Å². The highest BCUT2D eigenvalue weighted by molar-refractivity contribution is 5.92. The molecule has 0 unspecified atom stereocenters. The molecule has 6 rings (SSSR count). The van der Waals surface area contributed by atoms with Gasteiger partial charge in [0.1, 0.15) is 29.5 Å². The van der Waals surface area contributed by atoms with Crippen LogP contribution in [0, 0.1) is 5.92 Å². The molecule has 0 saturated carbocycles. The first-order valence-electron chi connectivity index (χ1n) is 14.6. The second-order valence-corrected chi connectivity index (χ2v) is 11.1. The van der Waals surface area contributed by atoms with Gasteiger partial charge < -0.3 is 34.7 Å². The number of hydrogen-bond donors (Lipinski definition) is 3. The number of nitrogens with one attached hydrogen (secondary N) is 2. The van der Waals surface area contributed by atoms with Crippen LogP contribution in [0.15, 0.2) is 72.8 Å². The summed E-state index contributed by atoms with van der Waals surface area (Å²) in [5, 5.41) is 16.1. The minimum absolute atomic E-state index is 0.00170. The molecule has 4 atom stereocenters. The van der Waals surface area contributed by atoms with E-state index in [0.717, 1.165) is 46.9 Å². The van der Waals surface area contributed by atoms with Crippen molar-refractivity contribution in [2.24, 2.45) is 5.92 Å². The highest BCUT2D eigenvalue weighted by Crippen LogP contribution is 2.47. The number of carbonyl (C=O) groups excluding carboxylic acids is 2. The van der Waals surface area contributed by atoms with Crippen LogP contribution in [0.25, 0.3) is 0 Å². The summed E-state index contributed by atoms with van der Waals surface area (Å²) in [4.78, 5) is 25.7. The molecule has 220 valence electrons. The summed E-state index contributed by atoms with van der Waals surface area (Å²) in [5.41, 5.74) is 2.64. The number of para-hydroxylation sites is 1. The van der Waals surface area contributed by atoms with Gasteiger partial charge in [-0.25, -0.2) is 0 Å². The SMILES string of the molecule is O=C(C[C@H]1C[C@H]2c3cc(NC(=O)C4CCOCC4)ccc3O[C@H]2[C@H](CO)O1)NCc1ccc(Oc2ccccc2)cc1. The maximum Gasteiger partial charge on any atom is 0.227 e. The first-order valence-corrected chi connectivity index (χ1v) is 14.6. The molecule has 3 heterocycles. The van der Waals surface area contributed by atoms with Gasteiger partial charge in [-0.1, -0.05) is 30.3 Å². The molecule has 3 aromatic carbocycles. The fourth-order valence-corrected chi connectivity index (χ4v) is 5.95. The first kappa shape index (κ1) is 28.2. The van der Waals surface area contributed by atoms with Crippen molar-refractivity contribution in [1.29, 1.82) is 0 Å². The number of amides is 2. The number of aliphatic hydroxyl groups is 1. The van der Waals surface area contributed by atoms with E-state index in [-0.39, 0.29) is 48.9 Å². The Morgan fingerprint density at radius 1 is 0.952 bits per heavy atom. The summed E-state index contributed by atoms with van der Waals surface area (Å²) in [6, 6.07) is 22.8. The highest BCUT2D eigenvalue weighted by atomic mass is 16.6. The second-order valence-electron chi connectivity index (χ2n) is 11.1. The number of anilines is 1. The van der Waals surface area contributed by atoms with E-state index in [2.05, 4.69) is 10.6 Å². The van der Waals surface area contributed by atoms with E-state index < -0.39 is 6.10 Å². The summed E-state index contributed by atoms with van der Waals surface area (Å²) in [5.74, 6) is 1.98. The smallest absolute Gasteiger partial charge is 0.227 e. The Kier molecular flexibility index (Phi) is 8.69. The highest BCUT2D eigenvalue weighted by Gasteiger charge is 2.46. The molecule has 3 aliphatic heterocycles. The van der Waals surface area contributed by atoms with Crippen LogP contribution in [-0.4, -0.2) is 55.1 Å². The zero-order valence-corrected chi connectivity index (χ0v) is 23.4. The van der Waals surface area contributed by atoms with Crippen LogP contribution in [0.4, 0.5) is 5.69 Å². The summed E-state index contributed by atoms with van der Waals surface area (Å²) < 4.78 is 23.5. The van der Waals surface area contributed by atoms with E-state index in [1.807, 2.05) is 72.8 Å². The lowest BCUT2D eigenvalue weighted by Gasteiger charge is -2.37. The van der Waals surface area contributed by atoms with Crippen LogP contribution in [0.5, 0.6) is 17.2 Å². The Morgan fingerprint density at radius 2 is 1.71 bits per heavy atom. The largest absolute Gasteiger partial charge is 0.487 e. The van der Waals surface area contributed by atoms with Crippen molar-refractivity contribution in [2.45, 2.75) is 56.5 Å². The Morgan fingerprint density at radius 3 is 2.48 bits per heavy atom. The third-order valence-corrected chi connectivity index (χ3v) is 8.16. The molecule has 0 aromatic heterocycles. The lowest BCUT2D eigenvalue weighted by atomic mass is 9.84. The molecule has 42 heavy (non-hydrogen) atoms. The zero-order chi connectivity index (χ0) is 28.9. The van der Waals surface area contributed by atoms with Crippen molar-refractivity contribution >= 4 is 17.5 Å². The van der Waals surface area contributed by atoms with Crippen molar-refractivity contribution in [3.63, 3.8) is 0 Å². The second kappa shape index (κ2) is 12.9. The molecule has 3 aromatic rings. The molecule has 9 nitrogen and oxygen atoms in total. The van der Waals surface area contributed by atoms with Crippen molar-refractivity contribution in [1.82, 2.24) is 5.32 Å². The Balaban J connectivity index is 1.04. The van der Waals surface area contributed by atoms with E-state index >= 15 is 0 Å². The molecule has 0 aliphatic carbocycles. The van der Waals surface area contributed by atoms with Crippen molar-refractivity contribution in [2.75, 3.05) is 25.1 Å². The molecule has 9 heteroatoms. The predicted octanol–water partition coefficient (Wildman–Crippen LogP) is 4.54. The van der Waals surface area contributed by atoms with Gasteiger partial charge >= 0.3 is 0 Å². The lowest BCUT2D eigenvalue weighted by molar-refractivity contribution is -0.142. The number of hydrogen-bond acceptors (Lipinski definition) is 7. The number of aliphatic hydroxyl groups excluding tert-OH is 1. The Hall–Kier alpha value is -3.92. The molecular formula is C33H36N2O7. The Labute approximate surface area is 245 Å². The van der Waals surface area contributed by atoms with E-state index in [1.165, 1.54) is 0 Å². The van der Waals surface area contributed by atoms with Gasteiger partial charge in [-0.05, 0) is 67.3 Å². The number of ether oxygens (including phenoxy) is 4. The van der Waals surface area contributed by atoms with Gasteiger partial charge in [0.25, 0.3) is 0 Å². The summed E-state index contributed by atoms with van der Waals surface area (Å²) in [7, 11) is 0.